The molecular weight excluding hydrogens is 258 g/mol. The summed E-state index contributed by atoms with van der Waals surface area (Å²) in [5.74, 6) is -0.699. The maximum atomic E-state index is 12.3. The van der Waals surface area contributed by atoms with Crippen molar-refractivity contribution in [2.24, 2.45) is 11.3 Å². The largest absolute Gasteiger partial charge is 0.481 e. The number of hydrogen-bond acceptors (Lipinski definition) is 3. The van der Waals surface area contributed by atoms with E-state index in [1.54, 1.807) is 11.8 Å². The van der Waals surface area contributed by atoms with Crippen LogP contribution in [-0.4, -0.2) is 46.2 Å². The van der Waals surface area contributed by atoms with Crippen molar-refractivity contribution in [1.29, 1.82) is 0 Å². The molecule has 1 fully saturated rings. The quantitative estimate of drug-likeness (QED) is 0.781. The molecular formula is C15H27NO4. The van der Waals surface area contributed by atoms with Crippen LogP contribution in [-0.2, 0) is 9.59 Å². The van der Waals surface area contributed by atoms with Crippen molar-refractivity contribution < 1.29 is 19.8 Å². The lowest BCUT2D eigenvalue weighted by molar-refractivity contribution is -0.154. The average molecular weight is 285 g/mol. The van der Waals surface area contributed by atoms with E-state index in [-0.39, 0.29) is 24.3 Å². The molecule has 0 spiro atoms. The van der Waals surface area contributed by atoms with Gasteiger partial charge in [-0.3, -0.25) is 9.59 Å². The standard InChI is InChI=1S/C15H27NO4/c1-4-15(5-2,14(19)20)10-13(18)16-8-6-12(7-9-16)11(3)17/h11-12,17H,4-10H2,1-3H3,(H,19,20). The zero-order valence-electron chi connectivity index (χ0n) is 12.8. The summed E-state index contributed by atoms with van der Waals surface area (Å²) in [5.41, 5.74) is -0.932. The fourth-order valence-electron chi connectivity index (χ4n) is 2.91. The summed E-state index contributed by atoms with van der Waals surface area (Å²) in [6.45, 7) is 6.68. The summed E-state index contributed by atoms with van der Waals surface area (Å²) in [6, 6.07) is 0. The van der Waals surface area contributed by atoms with Gasteiger partial charge in [-0.25, -0.2) is 0 Å². The molecule has 1 heterocycles. The second kappa shape index (κ2) is 7.07. The number of likely N-dealkylation sites (tertiary alicyclic amines) is 1. The lowest BCUT2D eigenvalue weighted by Gasteiger charge is -2.35. The summed E-state index contributed by atoms with van der Waals surface area (Å²) in [5, 5.41) is 18.9. The van der Waals surface area contributed by atoms with E-state index in [2.05, 4.69) is 0 Å². The highest BCUT2D eigenvalue weighted by Gasteiger charge is 2.39. The molecule has 2 N–H and O–H groups in total. The number of amides is 1. The van der Waals surface area contributed by atoms with Gasteiger partial charge in [-0.1, -0.05) is 13.8 Å². The Morgan fingerprint density at radius 2 is 1.75 bits per heavy atom. The second-order valence-corrected chi connectivity index (χ2v) is 5.93. The molecule has 5 heteroatoms. The Morgan fingerprint density at radius 3 is 2.10 bits per heavy atom. The molecule has 0 radical (unpaired) electrons. The third-order valence-electron chi connectivity index (χ3n) is 4.87. The summed E-state index contributed by atoms with van der Waals surface area (Å²) in [6.07, 6.45) is 2.26. The van der Waals surface area contributed by atoms with Crippen LogP contribution in [0.1, 0.15) is 52.9 Å². The van der Waals surface area contributed by atoms with E-state index in [9.17, 15) is 19.8 Å². The van der Waals surface area contributed by atoms with Gasteiger partial charge in [0, 0.05) is 19.5 Å². The molecule has 1 aliphatic rings. The molecule has 1 saturated heterocycles. The van der Waals surface area contributed by atoms with Crippen LogP contribution in [0.3, 0.4) is 0 Å². The summed E-state index contributed by atoms with van der Waals surface area (Å²) in [7, 11) is 0. The number of piperidine rings is 1. The lowest BCUT2D eigenvalue weighted by atomic mass is 9.78. The molecule has 1 unspecified atom stereocenters. The summed E-state index contributed by atoms with van der Waals surface area (Å²) < 4.78 is 0. The predicted molar refractivity (Wildman–Crippen MR) is 76.3 cm³/mol. The van der Waals surface area contributed by atoms with Crippen LogP contribution in [0.15, 0.2) is 0 Å². The van der Waals surface area contributed by atoms with E-state index in [1.165, 1.54) is 0 Å². The predicted octanol–water partition coefficient (Wildman–Crippen LogP) is 1.89. The monoisotopic (exact) mass is 285 g/mol. The van der Waals surface area contributed by atoms with Crippen LogP contribution in [0.25, 0.3) is 0 Å². The Kier molecular flexibility index (Phi) is 5.99. The maximum Gasteiger partial charge on any atom is 0.310 e. The number of hydrogen-bond donors (Lipinski definition) is 2. The van der Waals surface area contributed by atoms with Crippen LogP contribution < -0.4 is 0 Å². The number of carboxylic acid groups (broad SMARTS) is 1. The van der Waals surface area contributed by atoms with Gasteiger partial charge in [0.1, 0.15) is 0 Å². The van der Waals surface area contributed by atoms with Gasteiger partial charge >= 0.3 is 5.97 Å². The number of carbonyl (C=O) groups is 2. The third kappa shape index (κ3) is 3.72. The first-order chi connectivity index (χ1) is 9.36. The number of aliphatic hydroxyl groups excluding tert-OH is 1. The number of rotatable bonds is 6. The number of aliphatic carboxylic acids is 1. The molecule has 116 valence electrons. The van der Waals surface area contributed by atoms with E-state index in [1.807, 2.05) is 13.8 Å². The molecule has 20 heavy (non-hydrogen) atoms. The number of carboxylic acids is 1. The van der Waals surface area contributed by atoms with Gasteiger partial charge in [0.2, 0.25) is 5.91 Å². The first kappa shape index (κ1) is 17.0. The molecule has 0 aromatic heterocycles. The third-order valence-corrected chi connectivity index (χ3v) is 4.87. The molecule has 0 aromatic rings. The van der Waals surface area contributed by atoms with Crippen molar-refractivity contribution in [2.75, 3.05) is 13.1 Å². The van der Waals surface area contributed by atoms with Crippen molar-refractivity contribution in [3.05, 3.63) is 0 Å². The highest BCUT2D eigenvalue weighted by molar-refractivity contribution is 5.85. The first-order valence-corrected chi connectivity index (χ1v) is 7.55. The lowest BCUT2D eigenvalue weighted by Crippen LogP contribution is -2.44. The minimum absolute atomic E-state index is 0.0693. The van der Waals surface area contributed by atoms with Gasteiger partial charge in [-0.15, -0.1) is 0 Å². The van der Waals surface area contributed by atoms with Crippen molar-refractivity contribution in [1.82, 2.24) is 4.90 Å². The Bertz CT molecular complexity index is 342. The van der Waals surface area contributed by atoms with Crippen molar-refractivity contribution in [3.63, 3.8) is 0 Å². The molecule has 0 bridgehead atoms. The van der Waals surface area contributed by atoms with Crippen molar-refractivity contribution >= 4 is 11.9 Å². The van der Waals surface area contributed by atoms with Crippen LogP contribution >= 0.6 is 0 Å². The second-order valence-electron chi connectivity index (χ2n) is 5.93. The molecule has 0 aromatic carbocycles. The highest BCUT2D eigenvalue weighted by atomic mass is 16.4. The molecule has 1 rings (SSSR count). The van der Waals surface area contributed by atoms with Gasteiger partial charge in [0.25, 0.3) is 0 Å². The van der Waals surface area contributed by atoms with Crippen LogP contribution in [0.2, 0.25) is 0 Å². The van der Waals surface area contributed by atoms with Crippen LogP contribution in [0, 0.1) is 11.3 Å². The smallest absolute Gasteiger partial charge is 0.310 e. The average Bonchev–Trinajstić information content (AvgIpc) is 2.44. The SMILES string of the molecule is CCC(CC)(CC(=O)N1CCC(C(C)O)CC1)C(=O)O. The van der Waals surface area contributed by atoms with Crippen LogP contribution in [0.5, 0.6) is 0 Å². The van der Waals surface area contributed by atoms with Crippen molar-refractivity contribution in [2.45, 2.75) is 59.0 Å². The van der Waals surface area contributed by atoms with Crippen molar-refractivity contribution in [3.8, 4) is 0 Å². The molecule has 5 nitrogen and oxygen atoms in total. The highest BCUT2D eigenvalue weighted by Crippen LogP contribution is 2.32. The van der Waals surface area contributed by atoms with Gasteiger partial charge < -0.3 is 15.1 Å². The van der Waals surface area contributed by atoms with Gasteiger partial charge in [-0.2, -0.15) is 0 Å². The normalized spacial score (nSPS) is 18.9. The Morgan fingerprint density at radius 1 is 1.25 bits per heavy atom. The minimum atomic E-state index is -0.932. The fourth-order valence-corrected chi connectivity index (χ4v) is 2.91. The topological polar surface area (TPSA) is 77.8 Å². The number of aliphatic hydroxyl groups is 1. The summed E-state index contributed by atoms with van der Waals surface area (Å²) >= 11 is 0. The van der Waals surface area contributed by atoms with E-state index in [0.717, 1.165) is 12.8 Å². The van der Waals surface area contributed by atoms with Gasteiger partial charge in [0.05, 0.1) is 11.5 Å². The molecule has 1 aliphatic heterocycles. The Labute approximate surface area is 121 Å². The minimum Gasteiger partial charge on any atom is -0.481 e. The molecule has 0 saturated carbocycles. The Balaban J connectivity index is 2.61. The molecule has 1 amide bonds. The van der Waals surface area contributed by atoms with E-state index in [4.69, 9.17) is 0 Å². The van der Waals surface area contributed by atoms with Crippen LogP contribution in [0.4, 0.5) is 0 Å². The van der Waals surface area contributed by atoms with E-state index in [0.29, 0.717) is 25.9 Å². The van der Waals surface area contributed by atoms with E-state index < -0.39 is 11.4 Å². The fraction of sp³-hybridized carbons (Fsp3) is 0.867. The molecule has 0 aliphatic carbocycles. The number of nitrogens with zero attached hydrogens (tertiary/aromatic N) is 1. The first-order valence-electron chi connectivity index (χ1n) is 7.55. The Hall–Kier alpha value is -1.10. The maximum absolute atomic E-state index is 12.3. The molecule has 1 atom stereocenters. The summed E-state index contributed by atoms with van der Waals surface area (Å²) in [4.78, 5) is 25.5. The van der Waals surface area contributed by atoms with Gasteiger partial charge in [0.15, 0.2) is 0 Å². The van der Waals surface area contributed by atoms with Gasteiger partial charge in [-0.05, 0) is 38.5 Å². The zero-order chi connectivity index (χ0) is 15.3. The number of carbonyl (C=O) groups excluding carboxylic acids is 1. The zero-order valence-corrected chi connectivity index (χ0v) is 12.8. The van der Waals surface area contributed by atoms with E-state index >= 15 is 0 Å².